The summed E-state index contributed by atoms with van der Waals surface area (Å²) >= 11 is 13.4. The molecule has 156 valence electrons. The molecule has 2 aromatic carbocycles. The number of aromatic nitrogens is 4. The van der Waals surface area contributed by atoms with Crippen LogP contribution in [0.3, 0.4) is 0 Å². The van der Waals surface area contributed by atoms with Crippen molar-refractivity contribution in [1.29, 1.82) is 0 Å². The van der Waals surface area contributed by atoms with Gasteiger partial charge in [-0.3, -0.25) is 14.3 Å². The highest BCUT2D eigenvalue weighted by Gasteiger charge is 2.18. The van der Waals surface area contributed by atoms with Crippen LogP contribution >= 0.6 is 35.0 Å². The Bertz CT molecular complexity index is 1210. The number of pyridine rings is 1. The molecule has 0 atom stereocenters. The summed E-state index contributed by atoms with van der Waals surface area (Å²) in [4.78, 5) is 16.9. The van der Waals surface area contributed by atoms with Crippen molar-refractivity contribution < 1.29 is 4.79 Å². The Balaban J connectivity index is 1.59. The van der Waals surface area contributed by atoms with Crippen molar-refractivity contribution in [2.45, 2.75) is 12.1 Å². The van der Waals surface area contributed by atoms with Gasteiger partial charge in [-0.05, 0) is 61.0 Å². The molecule has 0 spiro atoms. The molecular formula is C22H17Cl2N5OS. The van der Waals surface area contributed by atoms with Gasteiger partial charge in [0.05, 0.1) is 5.75 Å². The molecule has 2 heterocycles. The lowest BCUT2D eigenvalue weighted by Crippen LogP contribution is -2.15. The van der Waals surface area contributed by atoms with Crippen LogP contribution in [0.25, 0.3) is 17.2 Å². The summed E-state index contributed by atoms with van der Waals surface area (Å²) in [6.07, 6.45) is 1.70. The summed E-state index contributed by atoms with van der Waals surface area (Å²) < 4.78 is 1.86. The van der Waals surface area contributed by atoms with Gasteiger partial charge in [0.15, 0.2) is 11.0 Å². The maximum absolute atomic E-state index is 12.6. The van der Waals surface area contributed by atoms with E-state index >= 15 is 0 Å². The van der Waals surface area contributed by atoms with Gasteiger partial charge in [0.2, 0.25) is 5.91 Å². The highest BCUT2D eigenvalue weighted by molar-refractivity contribution is 7.99. The molecule has 0 saturated carbocycles. The standard InChI is InChI=1S/C22H17Cl2N5OS/c1-14-5-6-16(24)12-19(14)26-20(30)13-31-22-28-27-21(18-4-2-3-11-25-18)29(22)17-9-7-15(23)8-10-17/h2-12H,13H2,1H3,(H,26,30). The first kappa shape index (κ1) is 21.4. The fourth-order valence-electron chi connectivity index (χ4n) is 2.89. The molecule has 6 nitrogen and oxygen atoms in total. The van der Waals surface area contributed by atoms with Crippen LogP contribution in [0.5, 0.6) is 0 Å². The first-order valence-electron chi connectivity index (χ1n) is 9.33. The van der Waals surface area contributed by atoms with Crippen LogP contribution in [0.2, 0.25) is 10.0 Å². The van der Waals surface area contributed by atoms with Crippen LogP contribution in [-0.4, -0.2) is 31.4 Å². The van der Waals surface area contributed by atoms with Crippen molar-refractivity contribution in [3.05, 3.63) is 82.5 Å². The third-order valence-electron chi connectivity index (χ3n) is 4.42. The topological polar surface area (TPSA) is 72.7 Å². The normalized spacial score (nSPS) is 10.8. The molecule has 2 aromatic heterocycles. The van der Waals surface area contributed by atoms with Crippen LogP contribution in [0.4, 0.5) is 5.69 Å². The Labute approximate surface area is 193 Å². The molecule has 0 aliphatic heterocycles. The Morgan fingerprint density at radius 1 is 1.03 bits per heavy atom. The number of nitrogens with one attached hydrogen (secondary N) is 1. The van der Waals surface area contributed by atoms with E-state index in [-0.39, 0.29) is 11.7 Å². The van der Waals surface area contributed by atoms with Crippen LogP contribution < -0.4 is 5.32 Å². The fraction of sp³-hybridized carbons (Fsp3) is 0.0909. The van der Waals surface area contributed by atoms with E-state index < -0.39 is 0 Å². The number of amides is 1. The molecule has 0 bridgehead atoms. The average Bonchev–Trinajstić information content (AvgIpc) is 3.20. The molecule has 31 heavy (non-hydrogen) atoms. The molecule has 0 unspecified atom stereocenters. The number of hydrogen-bond acceptors (Lipinski definition) is 5. The average molecular weight is 470 g/mol. The minimum Gasteiger partial charge on any atom is -0.325 e. The lowest BCUT2D eigenvalue weighted by molar-refractivity contribution is -0.113. The van der Waals surface area contributed by atoms with Crippen LogP contribution in [0.1, 0.15) is 5.56 Å². The number of thioether (sulfide) groups is 1. The molecule has 0 aliphatic rings. The summed E-state index contributed by atoms with van der Waals surface area (Å²) in [7, 11) is 0. The van der Waals surface area contributed by atoms with E-state index in [0.717, 1.165) is 11.3 Å². The highest BCUT2D eigenvalue weighted by atomic mass is 35.5. The summed E-state index contributed by atoms with van der Waals surface area (Å²) in [6, 6.07) is 18.3. The molecule has 4 aromatic rings. The number of nitrogens with zero attached hydrogens (tertiary/aromatic N) is 4. The number of aryl methyl sites for hydroxylation is 1. The lowest BCUT2D eigenvalue weighted by atomic mass is 10.2. The Morgan fingerprint density at radius 3 is 2.55 bits per heavy atom. The maximum atomic E-state index is 12.6. The minimum atomic E-state index is -0.166. The van der Waals surface area contributed by atoms with Crippen LogP contribution in [0.15, 0.2) is 72.0 Å². The van der Waals surface area contributed by atoms with E-state index in [1.165, 1.54) is 11.8 Å². The monoisotopic (exact) mass is 469 g/mol. The van der Waals surface area contributed by atoms with Crippen molar-refractivity contribution in [3.8, 4) is 17.2 Å². The lowest BCUT2D eigenvalue weighted by Gasteiger charge is -2.11. The van der Waals surface area contributed by atoms with Crippen molar-refractivity contribution in [3.63, 3.8) is 0 Å². The molecule has 1 N–H and O–H groups in total. The van der Waals surface area contributed by atoms with Crippen LogP contribution in [-0.2, 0) is 4.79 Å². The second-order valence-corrected chi connectivity index (χ2v) is 8.44. The molecular weight excluding hydrogens is 453 g/mol. The van der Waals surface area contributed by atoms with E-state index in [0.29, 0.717) is 32.4 Å². The maximum Gasteiger partial charge on any atom is 0.234 e. The van der Waals surface area contributed by atoms with Crippen LogP contribution in [0, 0.1) is 6.92 Å². The zero-order chi connectivity index (χ0) is 21.8. The van der Waals surface area contributed by atoms with Gasteiger partial charge in [-0.2, -0.15) is 0 Å². The summed E-state index contributed by atoms with van der Waals surface area (Å²) in [5.74, 6) is 0.566. The first-order valence-corrected chi connectivity index (χ1v) is 11.1. The largest absolute Gasteiger partial charge is 0.325 e. The molecule has 0 saturated heterocycles. The van der Waals surface area contributed by atoms with Gasteiger partial charge in [0.1, 0.15) is 5.69 Å². The predicted molar refractivity (Wildman–Crippen MR) is 125 cm³/mol. The molecule has 0 aliphatic carbocycles. The Kier molecular flexibility index (Phi) is 6.56. The number of hydrogen-bond donors (Lipinski definition) is 1. The summed E-state index contributed by atoms with van der Waals surface area (Å²) in [5, 5.41) is 13.3. The van der Waals surface area contributed by atoms with E-state index in [2.05, 4.69) is 20.5 Å². The highest BCUT2D eigenvalue weighted by Crippen LogP contribution is 2.28. The molecule has 9 heteroatoms. The van der Waals surface area contributed by atoms with Crippen molar-refractivity contribution in [1.82, 2.24) is 19.7 Å². The molecule has 1 amide bonds. The molecule has 0 fully saturated rings. The van der Waals surface area contributed by atoms with Crippen molar-refractivity contribution in [2.75, 3.05) is 11.1 Å². The minimum absolute atomic E-state index is 0.153. The third-order valence-corrected chi connectivity index (χ3v) is 5.83. The van der Waals surface area contributed by atoms with Crippen molar-refractivity contribution >= 4 is 46.6 Å². The van der Waals surface area contributed by atoms with Gasteiger partial charge in [0.25, 0.3) is 0 Å². The zero-order valence-corrected chi connectivity index (χ0v) is 18.7. The number of benzene rings is 2. The second-order valence-electron chi connectivity index (χ2n) is 6.63. The Morgan fingerprint density at radius 2 is 1.81 bits per heavy atom. The Hall–Kier alpha value is -2.87. The number of carbonyl (C=O) groups excluding carboxylic acids is 1. The fourth-order valence-corrected chi connectivity index (χ4v) is 3.94. The van der Waals surface area contributed by atoms with E-state index in [9.17, 15) is 4.79 Å². The number of rotatable bonds is 6. The summed E-state index contributed by atoms with van der Waals surface area (Å²) in [6.45, 7) is 1.91. The number of anilines is 1. The molecule has 4 rings (SSSR count). The second kappa shape index (κ2) is 9.51. The first-order chi connectivity index (χ1) is 15.0. The number of carbonyl (C=O) groups is 1. The predicted octanol–water partition coefficient (Wildman–Crippen LogP) is 5.68. The summed E-state index contributed by atoms with van der Waals surface area (Å²) in [5.41, 5.74) is 3.12. The van der Waals surface area contributed by atoms with E-state index in [4.69, 9.17) is 23.2 Å². The molecule has 0 radical (unpaired) electrons. The SMILES string of the molecule is Cc1ccc(Cl)cc1NC(=O)CSc1nnc(-c2ccccn2)n1-c1ccc(Cl)cc1. The quantitative estimate of drug-likeness (QED) is 0.368. The van der Waals surface area contributed by atoms with Crippen molar-refractivity contribution in [2.24, 2.45) is 0 Å². The van der Waals surface area contributed by atoms with Gasteiger partial charge >= 0.3 is 0 Å². The van der Waals surface area contributed by atoms with Gasteiger partial charge < -0.3 is 5.32 Å². The number of halogens is 2. The third kappa shape index (κ3) is 5.07. The van der Waals surface area contributed by atoms with E-state index in [1.54, 1.807) is 30.5 Å². The smallest absolute Gasteiger partial charge is 0.234 e. The van der Waals surface area contributed by atoms with Gasteiger partial charge in [-0.1, -0.05) is 47.1 Å². The van der Waals surface area contributed by atoms with Gasteiger partial charge in [-0.15, -0.1) is 10.2 Å². The van der Waals surface area contributed by atoms with E-state index in [1.807, 2.05) is 47.9 Å². The van der Waals surface area contributed by atoms with Gasteiger partial charge in [0, 0.05) is 27.6 Å². The van der Waals surface area contributed by atoms with Gasteiger partial charge in [-0.25, -0.2) is 0 Å². The zero-order valence-electron chi connectivity index (χ0n) is 16.4.